The molecule has 1 N–H and O–H groups in total. The predicted molar refractivity (Wildman–Crippen MR) is 114 cm³/mol. The van der Waals surface area contributed by atoms with Gasteiger partial charge in [0.15, 0.2) is 28.7 Å². The quantitative estimate of drug-likeness (QED) is 0.579. The van der Waals surface area contributed by atoms with Crippen LogP contribution in [0.25, 0.3) is 0 Å². The molecule has 0 atom stereocenters. The Balaban J connectivity index is 1.39. The highest BCUT2D eigenvalue weighted by Crippen LogP contribution is 2.43. The largest absolute Gasteiger partial charge is 0.454 e. The van der Waals surface area contributed by atoms with Crippen molar-refractivity contribution in [2.24, 2.45) is 0 Å². The minimum Gasteiger partial charge on any atom is -0.454 e. The zero-order valence-electron chi connectivity index (χ0n) is 19.3. The molecule has 3 heterocycles. The van der Waals surface area contributed by atoms with Crippen LogP contribution in [0.1, 0.15) is 11.1 Å². The molecule has 9 nitrogen and oxygen atoms in total. The van der Waals surface area contributed by atoms with Gasteiger partial charge in [-0.1, -0.05) is 12.1 Å². The van der Waals surface area contributed by atoms with E-state index in [1.165, 1.54) is 4.90 Å². The number of halogens is 6. The Morgan fingerprint density at radius 2 is 1.21 bits per heavy atom. The summed E-state index contributed by atoms with van der Waals surface area (Å²) in [6, 6.07) is 9.50. The molecule has 3 aliphatic heterocycles. The number of aliphatic hydroxyl groups is 1. The van der Waals surface area contributed by atoms with E-state index in [0.717, 1.165) is 4.90 Å². The number of hydrogen-bond donors (Lipinski definition) is 1. The van der Waals surface area contributed by atoms with Crippen LogP contribution in [-0.4, -0.2) is 79.2 Å². The van der Waals surface area contributed by atoms with Crippen LogP contribution in [0.5, 0.6) is 23.0 Å². The molecular formula is C23H20F6N2O7. The van der Waals surface area contributed by atoms with Crippen LogP contribution < -0.4 is 18.9 Å². The molecule has 0 saturated carbocycles. The summed E-state index contributed by atoms with van der Waals surface area (Å²) >= 11 is 0. The monoisotopic (exact) mass is 550 g/mol. The Labute approximate surface area is 211 Å². The molecule has 206 valence electrons. The van der Waals surface area contributed by atoms with Gasteiger partial charge < -0.3 is 33.7 Å². The topological polar surface area (TPSA) is 89.9 Å². The molecule has 1 saturated heterocycles. The summed E-state index contributed by atoms with van der Waals surface area (Å²) in [5.74, 6) is 1.65. The third kappa shape index (κ3) is 4.71. The molecule has 1 amide bonds. The summed E-state index contributed by atoms with van der Waals surface area (Å²) in [4.78, 5) is 14.5. The van der Waals surface area contributed by atoms with E-state index in [2.05, 4.69) is 4.74 Å². The minimum atomic E-state index is -5.82. The summed E-state index contributed by atoms with van der Waals surface area (Å²) in [5, 5.41) is 12.1. The lowest BCUT2D eigenvalue weighted by molar-refractivity contribution is -0.308. The van der Waals surface area contributed by atoms with Crippen molar-refractivity contribution >= 4 is 6.09 Å². The second-order valence-electron chi connectivity index (χ2n) is 8.63. The Morgan fingerprint density at radius 1 is 0.763 bits per heavy atom. The molecule has 15 heteroatoms. The first-order valence-corrected chi connectivity index (χ1v) is 11.2. The summed E-state index contributed by atoms with van der Waals surface area (Å²) in [5.41, 5.74) is -1.19. The summed E-state index contributed by atoms with van der Waals surface area (Å²) in [7, 11) is 0. The highest BCUT2D eigenvalue weighted by atomic mass is 19.4. The molecule has 1 fully saturated rings. The number of amides is 1. The fourth-order valence-corrected chi connectivity index (χ4v) is 4.47. The number of nitrogens with zero attached hydrogens (tertiary/aromatic N) is 2. The first-order chi connectivity index (χ1) is 17.9. The van der Waals surface area contributed by atoms with Crippen LogP contribution >= 0.6 is 0 Å². The molecule has 0 unspecified atom stereocenters. The first-order valence-electron chi connectivity index (χ1n) is 11.2. The maximum absolute atomic E-state index is 12.8. The van der Waals surface area contributed by atoms with Crippen molar-refractivity contribution in [2.45, 2.75) is 24.2 Å². The number of piperazine rings is 1. The summed E-state index contributed by atoms with van der Waals surface area (Å²) in [6.07, 6.45) is -17.7. The highest BCUT2D eigenvalue weighted by Gasteiger charge is 2.60. The minimum absolute atomic E-state index is 0.0150. The third-order valence-electron chi connectivity index (χ3n) is 6.36. The lowest BCUT2D eigenvalue weighted by atomic mass is 9.91. The van der Waals surface area contributed by atoms with Gasteiger partial charge in [0.1, 0.15) is 0 Å². The van der Waals surface area contributed by atoms with Crippen LogP contribution in [0.3, 0.4) is 0 Å². The SMILES string of the molecule is O=C(OC(C(F)(F)F)C(F)(F)F)N1CCN(C(O)(c2ccc3c(c2)OCO3)c2ccc3c(c2)OCO3)CC1. The van der Waals surface area contributed by atoms with E-state index in [1.54, 1.807) is 36.4 Å². The number of rotatable bonds is 4. The van der Waals surface area contributed by atoms with Crippen molar-refractivity contribution in [1.82, 2.24) is 9.80 Å². The fraction of sp³-hybridized carbons (Fsp3) is 0.435. The van der Waals surface area contributed by atoms with Gasteiger partial charge in [-0.3, -0.25) is 4.90 Å². The Kier molecular flexibility index (Phi) is 6.38. The van der Waals surface area contributed by atoms with Gasteiger partial charge in [-0.15, -0.1) is 0 Å². The summed E-state index contributed by atoms with van der Waals surface area (Å²) < 4.78 is 102. The average Bonchev–Trinajstić information content (AvgIpc) is 3.53. The maximum atomic E-state index is 12.8. The Bertz CT molecular complexity index is 1140. The molecule has 3 aliphatic rings. The van der Waals surface area contributed by atoms with Crippen LogP contribution in [0.2, 0.25) is 0 Å². The molecule has 2 aromatic carbocycles. The van der Waals surface area contributed by atoms with Gasteiger partial charge in [0.2, 0.25) is 13.6 Å². The zero-order chi connectivity index (χ0) is 27.3. The predicted octanol–water partition coefficient (Wildman–Crippen LogP) is 3.58. The van der Waals surface area contributed by atoms with Gasteiger partial charge in [-0.05, 0) is 24.3 Å². The van der Waals surface area contributed by atoms with Crippen LogP contribution in [0.15, 0.2) is 36.4 Å². The van der Waals surface area contributed by atoms with Crippen molar-refractivity contribution in [3.63, 3.8) is 0 Å². The average molecular weight is 550 g/mol. The number of benzene rings is 2. The molecule has 38 heavy (non-hydrogen) atoms. The van der Waals surface area contributed by atoms with E-state index in [1.807, 2.05) is 0 Å². The first kappa shape index (κ1) is 26.0. The zero-order valence-corrected chi connectivity index (χ0v) is 19.3. The molecule has 0 aromatic heterocycles. The van der Waals surface area contributed by atoms with Gasteiger partial charge in [0.05, 0.1) is 0 Å². The molecule has 5 rings (SSSR count). The number of carbonyl (C=O) groups is 1. The van der Waals surface area contributed by atoms with E-state index in [4.69, 9.17) is 18.9 Å². The lowest BCUT2D eigenvalue weighted by Gasteiger charge is -2.45. The maximum Gasteiger partial charge on any atom is 0.434 e. The Morgan fingerprint density at radius 3 is 1.66 bits per heavy atom. The number of carbonyl (C=O) groups excluding carboxylic acids is 1. The lowest BCUT2D eigenvalue weighted by Crippen LogP contribution is -2.58. The van der Waals surface area contributed by atoms with Gasteiger partial charge >= 0.3 is 18.4 Å². The van der Waals surface area contributed by atoms with E-state index >= 15 is 0 Å². The molecule has 0 aliphatic carbocycles. The second-order valence-corrected chi connectivity index (χ2v) is 8.63. The normalized spacial score (nSPS) is 17.7. The van der Waals surface area contributed by atoms with E-state index in [-0.39, 0.29) is 39.8 Å². The van der Waals surface area contributed by atoms with Crippen LogP contribution in [0.4, 0.5) is 31.1 Å². The van der Waals surface area contributed by atoms with E-state index in [0.29, 0.717) is 34.1 Å². The van der Waals surface area contributed by atoms with E-state index in [9.17, 15) is 36.2 Å². The molecular weight excluding hydrogens is 530 g/mol. The number of alkyl halides is 6. The van der Waals surface area contributed by atoms with Gasteiger partial charge in [0.25, 0.3) is 6.10 Å². The fourth-order valence-electron chi connectivity index (χ4n) is 4.47. The van der Waals surface area contributed by atoms with E-state index < -0.39 is 30.3 Å². The van der Waals surface area contributed by atoms with Gasteiger partial charge in [-0.25, -0.2) is 4.79 Å². The highest BCUT2D eigenvalue weighted by molar-refractivity contribution is 5.68. The standard InChI is InChI=1S/C23H20F6N2O7/c24-22(25,26)19(23(27,28)29)38-20(32)30-5-7-31(8-6-30)21(33,13-1-3-15-17(9-13)36-11-34-15)14-2-4-16-18(10-14)37-12-35-16/h1-4,9-10,19,33H,5-8,11-12H2. The Hall–Kier alpha value is -3.59. The van der Waals surface area contributed by atoms with Gasteiger partial charge in [0, 0.05) is 37.3 Å². The van der Waals surface area contributed by atoms with Crippen molar-refractivity contribution in [3.05, 3.63) is 47.5 Å². The van der Waals surface area contributed by atoms with Crippen LogP contribution in [-0.2, 0) is 10.5 Å². The number of ether oxygens (including phenoxy) is 5. The second kappa shape index (κ2) is 9.31. The smallest absolute Gasteiger partial charge is 0.434 e. The van der Waals surface area contributed by atoms with Crippen LogP contribution in [0, 0.1) is 0 Å². The molecule has 2 aromatic rings. The van der Waals surface area contributed by atoms with Gasteiger partial charge in [-0.2, -0.15) is 26.3 Å². The van der Waals surface area contributed by atoms with Crippen molar-refractivity contribution < 1.29 is 59.9 Å². The molecule has 0 radical (unpaired) electrons. The third-order valence-corrected chi connectivity index (χ3v) is 6.36. The molecule has 0 bridgehead atoms. The van der Waals surface area contributed by atoms with Crippen molar-refractivity contribution in [3.8, 4) is 23.0 Å². The molecule has 0 spiro atoms. The van der Waals surface area contributed by atoms with Crippen molar-refractivity contribution in [1.29, 1.82) is 0 Å². The summed E-state index contributed by atoms with van der Waals surface area (Å²) in [6.45, 7) is -0.927. The number of fused-ring (bicyclic) bond motifs is 2. The van der Waals surface area contributed by atoms with Crippen molar-refractivity contribution in [2.75, 3.05) is 39.8 Å². The number of hydrogen-bond acceptors (Lipinski definition) is 8.